The highest BCUT2D eigenvalue weighted by Crippen LogP contribution is 2.17. The predicted octanol–water partition coefficient (Wildman–Crippen LogP) is 2.52. The van der Waals surface area contributed by atoms with Gasteiger partial charge >= 0.3 is 12.1 Å². The van der Waals surface area contributed by atoms with Crippen molar-refractivity contribution in [2.24, 2.45) is 5.73 Å². The molecule has 1 rings (SSSR count). The number of carboxylic acids is 1. The number of aliphatic carboxylic acids is 1. The fourth-order valence-corrected chi connectivity index (χ4v) is 1.27. The molecule has 0 fully saturated rings. The molecule has 1 aromatic rings. The first-order chi connectivity index (χ1) is 8.61. The van der Waals surface area contributed by atoms with Gasteiger partial charge in [0, 0.05) is 6.04 Å². The van der Waals surface area contributed by atoms with Crippen molar-refractivity contribution in [1.29, 1.82) is 5.26 Å². The molecule has 0 saturated carbocycles. The smallest absolute Gasteiger partial charge is 0.475 e. The summed E-state index contributed by atoms with van der Waals surface area (Å²) in [5.74, 6) is -2.76. The summed E-state index contributed by atoms with van der Waals surface area (Å²) in [5.41, 5.74) is 8.49. The van der Waals surface area contributed by atoms with Gasteiger partial charge in [0.1, 0.15) is 0 Å². The molecule has 7 heteroatoms. The first-order valence-corrected chi connectivity index (χ1v) is 5.16. The summed E-state index contributed by atoms with van der Waals surface area (Å²) in [6.45, 7) is 3.85. The van der Waals surface area contributed by atoms with Crippen LogP contribution in [0.1, 0.15) is 29.7 Å². The van der Waals surface area contributed by atoms with Crippen molar-refractivity contribution in [3.63, 3.8) is 0 Å². The van der Waals surface area contributed by atoms with Gasteiger partial charge in [-0.3, -0.25) is 0 Å². The number of nitrogens with two attached hydrogens (primary N) is 1. The van der Waals surface area contributed by atoms with Crippen LogP contribution in [-0.4, -0.2) is 17.3 Å². The molecule has 0 spiro atoms. The lowest BCUT2D eigenvalue weighted by Crippen LogP contribution is -2.21. The molecule has 0 amide bonds. The van der Waals surface area contributed by atoms with E-state index in [4.69, 9.17) is 20.9 Å². The number of alkyl halides is 3. The van der Waals surface area contributed by atoms with Gasteiger partial charge < -0.3 is 10.8 Å². The Morgan fingerprint density at radius 3 is 2.26 bits per heavy atom. The summed E-state index contributed by atoms with van der Waals surface area (Å²) in [7, 11) is 0. The summed E-state index contributed by atoms with van der Waals surface area (Å²) in [6.07, 6.45) is -5.08. The third-order valence-corrected chi connectivity index (χ3v) is 2.23. The van der Waals surface area contributed by atoms with Gasteiger partial charge in [-0.25, -0.2) is 4.79 Å². The number of hydrogen-bond acceptors (Lipinski definition) is 3. The van der Waals surface area contributed by atoms with Crippen molar-refractivity contribution in [2.45, 2.75) is 26.1 Å². The third kappa shape index (κ3) is 5.40. The largest absolute Gasteiger partial charge is 0.490 e. The molecule has 0 radical (unpaired) electrons. The van der Waals surface area contributed by atoms with E-state index in [1.807, 2.05) is 26.0 Å². The van der Waals surface area contributed by atoms with Gasteiger partial charge in [-0.05, 0) is 31.0 Å². The Balaban J connectivity index is 0.000000399. The van der Waals surface area contributed by atoms with Crippen molar-refractivity contribution >= 4 is 5.97 Å². The van der Waals surface area contributed by atoms with Gasteiger partial charge in [0.25, 0.3) is 0 Å². The van der Waals surface area contributed by atoms with Crippen LogP contribution in [0.2, 0.25) is 0 Å². The first kappa shape index (κ1) is 16.9. The normalized spacial score (nSPS) is 11.8. The second-order valence-electron chi connectivity index (χ2n) is 3.72. The van der Waals surface area contributed by atoms with Crippen LogP contribution in [0.25, 0.3) is 0 Å². The van der Waals surface area contributed by atoms with E-state index in [9.17, 15) is 13.2 Å². The molecule has 3 N–H and O–H groups in total. The number of nitrogens with zero attached hydrogens (tertiary/aromatic N) is 1. The number of carbonyl (C=O) groups is 1. The highest BCUT2D eigenvalue weighted by atomic mass is 19.4. The predicted molar refractivity (Wildman–Crippen MR) is 62.2 cm³/mol. The minimum absolute atomic E-state index is 0.00157. The van der Waals surface area contributed by atoms with Crippen LogP contribution < -0.4 is 5.73 Å². The Hall–Kier alpha value is -2.07. The van der Waals surface area contributed by atoms with Crippen molar-refractivity contribution < 1.29 is 23.1 Å². The summed E-state index contributed by atoms with van der Waals surface area (Å²) < 4.78 is 31.7. The van der Waals surface area contributed by atoms with Crippen LogP contribution in [0.15, 0.2) is 18.2 Å². The summed E-state index contributed by atoms with van der Waals surface area (Å²) in [4.78, 5) is 8.90. The number of carboxylic acid groups (broad SMARTS) is 1. The second-order valence-corrected chi connectivity index (χ2v) is 3.72. The Labute approximate surface area is 108 Å². The maximum absolute atomic E-state index is 10.6. The van der Waals surface area contributed by atoms with Gasteiger partial charge in [0.15, 0.2) is 0 Å². The van der Waals surface area contributed by atoms with Crippen LogP contribution in [-0.2, 0) is 4.79 Å². The molecule has 0 saturated heterocycles. The van der Waals surface area contributed by atoms with Crippen LogP contribution in [0.4, 0.5) is 13.2 Å². The quantitative estimate of drug-likeness (QED) is 0.823. The van der Waals surface area contributed by atoms with E-state index < -0.39 is 12.1 Å². The summed E-state index contributed by atoms with van der Waals surface area (Å²) in [6, 6.07) is 7.76. The van der Waals surface area contributed by atoms with Gasteiger partial charge in [0.05, 0.1) is 11.6 Å². The van der Waals surface area contributed by atoms with Crippen LogP contribution in [0, 0.1) is 18.3 Å². The molecule has 0 heterocycles. The number of rotatable bonds is 1. The third-order valence-electron chi connectivity index (χ3n) is 2.23. The van der Waals surface area contributed by atoms with Crippen molar-refractivity contribution in [3.05, 3.63) is 34.9 Å². The SMILES string of the molecule is Cc1c(C#N)cccc1C(C)N.O=C(O)C(F)(F)F. The van der Waals surface area contributed by atoms with E-state index in [-0.39, 0.29) is 6.04 Å². The van der Waals surface area contributed by atoms with Gasteiger partial charge in [-0.1, -0.05) is 12.1 Å². The lowest BCUT2D eigenvalue weighted by molar-refractivity contribution is -0.192. The van der Waals surface area contributed by atoms with E-state index in [1.165, 1.54) is 0 Å². The number of nitriles is 1. The molecule has 1 unspecified atom stereocenters. The average Bonchev–Trinajstić information content (AvgIpc) is 2.28. The maximum atomic E-state index is 10.6. The standard InChI is InChI=1S/C10H12N2.C2HF3O2/c1-7-9(6-11)4-3-5-10(7)8(2)12;3-2(4,5)1(6)7/h3-5,8H,12H2,1-2H3;(H,6,7). The number of hydrogen-bond donors (Lipinski definition) is 2. The lowest BCUT2D eigenvalue weighted by Gasteiger charge is -2.09. The minimum Gasteiger partial charge on any atom is -0.475 e. The molecule has 0 aliphatic carbocycles. The van der Waals surface area contributed by atoms with Crippen LogP contribution in [0.3, 0.4) is 0 Å². The zero-order valence-corrected chi connectivity index (χ0v) is 10.3. The highest BCUT2D eigenvalue weighted by Gasteiger charge is 2.38. The Morgan fingerprint density at radius 2 is 1.95 bits per heavy atom. The number of halogens is 3. The maximum Gasteiger partial charge on any atom is 0.490 e. The fourth-order valence-electron chi connectivity index (χ4n) is 1.27. The molecule has 0 aliphatic rings. The molecular weight excluding hydrogens is 261 g/mol. The summed E-state index contributed by atoms with van der Waals surface area (Å²) >= 11 is 0. The molecule has 1 atom stereocenters. The zero-order valence-electron chi connectivity index (χ0n) is 10.3. The van der Waals surface area contributed by atoms with Crippen LogP contribution >= 0.6 is 0 Å². The molecule has 0 aliphatic heterocycles. The molecule has 0 aromatic heterocycles. The monoisotopic (exact) mass is 274 g/mol. The van der Waals surface area contributed by atoms with E-state index in [0.717, 1.165) is 11.1 Å². The van der Waals surface area contributed by atoms with Crippen molar-refractivity contribution in [1.82, 2.24) is 0 Å². The van der Waals surface area contributed by atoms with E-state index in [0.29, 0.717) is 5.56 Å². The first-order valence-electron chi connectivity index (χ1n) is 5.16. The molecule has 104 valence electrons. The van der Waals surface area contributed by atoms with E-state index in [1.54, 1.807) is 6.07 Å². The molecular formula is C12H13F3N2O2. The van der Waals surface area contributed by atoms with Gasteiger partial charge in [0.2, 0.25) is 0 Å². The molecule has 4 nitrogen and oxygen atoms in total. The average molecular weight is 274 g/mol. The second kappa shape index (κ2) is 6.75. The molecule has 0 bridgehead atoms. The Kier molecular flexibility index (Phi) is 6.02. The highest BCUT2D eigenvalue weighted by molar-refractivity contribution is 5.73. The molecule has 19 heavy (non-hydrogen) atoms. The minimum atomic E-state index is -5.08. The van der Waals surface area contributed by atoms with Crippen molar-refractivity contribution in [3.8, 4) is 6.07 Å². The Morgan fingerprint density at radius 1 is 1.47 bits per heavy atom. The number of benzene rings is 1. The topological polar surface area (TPSA) is 87.1 Å². The van der Waals surface area contributed by atoms with Gasteiger partial charge in [-0.2, -0.15) is 18.4 Å². The lowest BCUT2D eigenvalue weighted by atomic mass is 9.99. The summed E-state index contributed by atoms with van der Waals surface area (Å²) in [5, 5.41) is 15.9. The zero-order chi connectivity index (χ0) is 15.2. The van der Waals surface area contributed by atoms with Crippen molar-refractivity contribution in [2.75, 3.05) is 0 Å². The Bertz CT molecular complexity index is 491. The van der Waals surface area contributed by atoms with Gasteiger partial charge in [-0.15, -0.1) is 0 Å². The molecule has 1 aromatic carbocycles. The van der Waals surface area contributed by atoms with E-state index in [2.05, 4.69) is 6.07 Å². The van der Waals surface area contributed by atoms with Crippen LogP contribution in [0.5, 0.6) is 0 Å². The van der Waals surface area contributed by atoms with E-state index >= 15 is 0 Å². The fraction of sp³-hybridized carbons (Fsp3) is 0.333.